The molecule has 1 aromatic rings. The minimum absolute atomic E-state index is 0.101. The van der Waals surface area contributed by atoms with Crippen LogP contribution >= 0.6 is 23.2 Å². The Kier molecular flexibility index (Phi) is 5.02. The summed E-state index contributed by atoms with van der Waals surface area (Å²) in [5.74, 6) is -0.101. The molecule has 0 saturated carbocycles. The molecule has 1 atom stereocenters. The van der Waals surface area contributed by atoms with Gasteiger partial charge in [0, 0.05) is 23.6 Å². The van der Waals surface area contributed by atoms with Crippen LogP contribution in [0.25, 0.3) is 0 Å². The molecule has 0 spiro atoms. The number of benzene rings is 1. The van der Waals surface area contributed by atoms with E-state index in [1.165, 1.54) is 0 Å². The number of carbonyl (C=O) groups excluding carboxylic acids is 1. The van der Waals surface area contributed by atoms with Gasteiger partial charge in [0.25, 0.3) is 0 Å². The van der Waals surface area contributed by atoms with Gasteiger partial charge in [-0.2, -0.15) is 0 Å². The van der Waals surface area contributed by atoms with Gasteiger partial charge in [-0.1, -0.05) is 36.2 Å². The number of rotatable bonds is 4. The van der Waals surface area contributed by atoms with Crippen LogP contribution in [0.4, 0.5) is 0 Å². The zero-order chi connectivity index (χ0) is 13.9. The molecule has 5 heteroatoms. The second kappa shape index (κ2) is 5.91. The van der Waals surface area contributed by atoms with Crippen molar-refractivity contribution in [3.63, 3.8) is 0 Å². The molecule has 3 nitrogen and oxygen atoms in total. The highest BCUT2D eigenvalue weighted by molar-refractivity contribution is 6.35. The summed E-state index contributed by atoms with van der Waals surface area (Å²) in [5.41, 5.74) is 5.94. The second-order valence-electron chi connectivity index (χ2n) is 4.67. The summed E-state index contributed by atoms with van der Waals surface area (Å²) in [6, 6.07) is 5.23. The summed E-state index contributed by atoms with van der Waals surface area (Å²) in [5, 5.41) is 1.13. The summed E-state index contributed by atoms with van der Waals surface area (Å²) in [4.78, 5) is 13.7. The van der Waals surface area contributed by atoms with Crippen LogP contribution in [0, 0.1) is 0 Å². The lowest BCUT2D eigenvalue weighted by Gasteiger charge is -2.28. The molecule has 0 bridgehead atoms. The van der Waals surface area contributed by atoms with Gasteiger partial charge in [-0.15, -0.1) is 0 Å². The molecule has 0 aliphatic carbocycles. The van der Waals surface area contributed by atoms with E-state index < -0.39 is 5.54 Å². The highest BCUT2D eigenvalue weighted by Gasteiger charge is 2.29. The first kappa shape index (κ1) is 15.3. The number of hydrogen-bond donors (Lipinski definition) is 1. The van der Waals surface area contributed by atoms with Gasteiger partial charge in [0.2, 0.25) is 5.91 Å². The minimum Gasteiger partial charge on any atom is -0.340 e. The Morgan fingerprint density at radius 3 is 2.56 bits per heavy atom. The molecule has 0 aliphatic heterocycles. The summed E-state index contributed by atoms with van der Waals surface area (Å²) in [6.45, 7) is 4.04. The predicted octanol–water partition coefficient (Wildman–Crippen LogP) is 3.08. The quantitative estimate of drug-likeness (QED) is 0.926. The molecule has 1 rings (SSSR count). The molecule has 1 unspecified atom stereocenters. The third kappa shape index (κ3) is 3.61. The lowest BCUT2D eigenvalue weighted by atomic mass is 9.98. The molecular formula is C13H18Cl2N2O. The van der Waals surface area contributed by atoms with Crippen molar-refractivity contribution < 1.29 is 4.79 Å². The second-order valence-corrected chi connectivity index (χ2v) is 5.51. The lowest BCUT2D eigenvalue weighted by molar-refractivity contribution is -0.135. The Hall–Kier alpha value is -0.770. The van der Waals surface area contributed by atoms with E-state index in [0.717, 1.165) is 5.56 Å². The largest absolute Gasteiger partial charge is 0.340 e. The Bertz CT molecular complexity index is 447. The Balaban J connectivity index is 2.82. The third-order valence-corrected chi connectivity index (χ3v) is 3.58. The molecule has 1 amide bonds. The van der Waals surface area contributed by atoms with Crippen LogP contribution in [0.5, 0.6) is 0 Å². The standard InChI is InChI=1S/C13H18Cl2N2O/c1-4-13(2,16)12(18)17(3)8-9-5-6-10(14)7-11(9)15/h5-7H,4,8,16H2,1-3H3. The average Bonchev–Trinajstić information content (AvgIpc) is 2.31. The van der Waals surface area contributed by atoms with Crippen LogP contribution in [0.3, 0.4) is 0 Å². The van der Waals surface area contributed by atoms with Gasteiger partial charge in [0.05, 0.1) is 5.54 Å². The molecule has 1 aromatic carbocycles. The van der Waals surface area contributed by atoms with Gasteiger partial charge in [-0.25, -0.2) is 0 Å². The molecule has 0 radical (unpaired) electrons. The van der Waals surface area contributed by atoms with E-state index in [1.54, 1.807) is 31.0 Å². The van der Waals surface area contributed by atoms with E-state index >= 15 is 0 Å². The van der Waals surface area contributed by atoms with E-state index in [4.69, 9.17) is 28.9 Å². The van der Waals surface area contributed by atoms with E-state index in [2.05, 4.69) is 0 Å². The molecule has 100 valence electrons. The molecule has 0 aromatic heterocycles. The van der Waals surface area contributed by atoms with Crippen LogP contribution in [0.1, 0.15) is 25.8 Å². The number of carbonyl (C=O) groups is 1. The third-order valence-electron chi connectivity index (χ3n) is 2.99. The Morgan fingerprint density at radius 1 is 1.44 bits per heavy atom. The monoisotopic (exact) mass is 288 g/mol. The van der Waals surface area contributed by atoms with Gasteiger partial charge in [-0.05, 0) is 31.0 Å². The summed E-state index contributed by atoms with van der Waals surface area (Å²) >= 11 is 11.9. The van der Waals surface area contributed by atoms with E-state index in [-0.39, 0.29) is 5.91 Å². The van der Waals surface area contributed by atoms with Gasteiger partial charge < -0.3 is 10.6 Å². The fraction of sp³-hybridized carbons (Fsp3) is 0.462. The van der Waals surface area contributed by atoms with Crippen molar-refractivity contribution in [2.45, 2.75) is 32.4 Å². The van der Waals surface area contributed by atoms with Crippen LogP contribution in [0.2, 0.25) is 10.0 Å². The fourth-order valence-corrected chi connectivity index (χ4v) is 2.03. The Morgan fingerprint density at radius 2 is 2.06 bits per heavy atom. The maximum atomic E-state index is 12.1. The molecule has 0 saturated heterocycles. The number of halogens is 2. The predicted molar refractivity (Wildman–Crippen MR) is 75.8 cm³/mol. The van der Waals surface area contributed by atoms with Gasteiger partial charge >= 0.3 is 0 Å². The smallest absolute Gasteiger partial charge is 0.242 e. The number of nitrogens with two attached hydrogens (primary N) is 1. The first-order valence-electron chi connectivity index (χ1n) is 5.76. The first-order valence-corrected chi connectivity index (χ1v) is 6.52. The number of nitrogens with zero attached hydrogens (tertiary/aromatic N) is 1. The van der Waals surface area contributed by atoms with Crippen molar-refractivity contribution in [2.75, 3.05) is 7.05 Å². The number of amides is 1. The van der Waals surface area contributed by atoms with Crippen LogP contribution in [0.15, 0.2) is 18.2 Å². The molecule has 0 heterocycles. The minimum atomic E-state index is -0.840. The van der Waals surface area contributed by atoms with Crippen molar-refractivity contribution in [3.05, 3.63) is 33.8 Å². The number of likely N-dealkylation sites (N-methyl/N-ethyl adjacent to an activating group) is 1. The molecule has 0 fully saturated rings. The van der Waals surface area contributed by atoms with Gasteiger partial charge in [0.1, 0.15) is 0 Å². The zero-order valence-corrected chi connectivity index (χ0v) is 12.3. The fourth-order valence-electron chi connectivity index (χ4n) is 1.56. The molecule has 2 N–H and O–H groups in total. The SMILES string of the molecule is CCC(C)(N)C(=O)N(C)Cc1ccc(Cl)cc1Cl. The maximum Gasteiger partial charge on any atom is 0.242 e. The summed E-state index contributed by atoms with van der Waals surface area (Å²) in [7, 11) is 1.72. The van der Waals surface area contributed by atoms with Crippen LogP contribution < -0.4 is 5.73 Å². The number of hydrogen-bond acceptors (Lipinski definition) is 2. The van der Waals surface area contributed by atoms with Crippen molar-refractivity contribution in [3.8, 4) is 0 Å². The van der Waals surface area contributed by atoms with Crippen molar-refractivity contribution in [2.24, 2.45) is 5.73 Å². The summed E-state index contributed by atoms with van der Waals surface area (Å²) in [6.07, 6.45) is 0.588. The van der Waals surface area contributed by atoms with E-state index in [9.17, 15) is 4.79 Å². The average molecular weight is 289 g/mol. The van der Waals surface area contributed by atoms with Crippen molar-refractivity contribution >= 4 is 29.1 Å². The van der Waals surface area contributed by atoms with Crippen LogP contribution in [-0.2, 0) is 11.3 Å². The van der Waals surface area contributed by atoms with E-state index in [1.807, 2.05) is 13.0 Å². The Labute approximate surface area is 118 Å². The summed E-state index contributed by atoms with van der Waals surface area (Å²) < 4.78 is 0. The normalized spacial score (nSPS) is 14.1. The van der Waals surface area contributed by atoms with E-state index in [0.29, 0.717) is 23.0 Å². The topological polar surface area (TPSA) is 46.3 Å². The van der Waals surface area contributed by atoms with Crippen LogP contribution in [-0.4, -0.2) is 23.4 Å². The molecular weight excluding hydrogens is 271 g/mol. The maximum absolute atomic E-state index is 12.1. The van der Waals surface area contributed by atoms with Gasteiger partial charge in [0.15, 0.2) is 0 Å². The zero-order valence-electron chi connectivity index (χ0n) is 10.8. The highest BCUT2D eigenvalue weighted by Crippen LogP contribution is 2.22. The van der Waals surface area contributed by atoms with Crippen molar-refractivity contribution in [1.29, 1.82) is 0 Å². The molecule has 18 heavy (non-hydrogen) atoms. The van der Waals surface area contributed by atoms with Crippen molar-refractivity contribution in [1.82, 2.24) is 4.90 Å². The lowest BCUT2D eigenvalue weighted by Crippen LogP contribution is -2.51. The first-order chi connectivity index (χ1) is 8.27. The highest BCUT2D eigenvalue weighted by atomic mass is 35.5. The molecule has 0 aliphatic rings. The van der Waals surface area contributed by atoms with Gasteiger partial charge in [-0.3, -0.25) is 4.79 Å².